The Kier molecular flexibility index (Phi) is 5.93. The molecular weight excluding hydrogens is 308 g/mol. The fourth-order valence-electron chi connectivity index (χ4n) is 3.22. The van der Waals surface area contributed by atoms with Gasteiger partial charge in [0, 0.05) is 20.2 Å². The summed E-state index contributed by atoms with van der Waals surface area (Å²) in [5.74, 6) is 1.67. The van der Waals surface area contributed by atoms with Crippen LogP contribution in [0.1, 0.15) is 23.2 Å². The van der Waals surface area contributed by atoms with Crippen LogP contribution in [-0.2, 0) is 4.74 Å². The molecule has 132 valence electrons. The van der Waals surface area contributed by atoms with Gasteiger partial charge in [0.25, 0.3) is 5.91 Å². The predicted octanol–water partition coefficient (Wildman–Crippen LogP) is 1.55. The summed E-state index contributed by atoms with van der Waals surface area (Å²) in [7, 11) is 1.74. The number of fused-ring (bicyclic) bond motifs is 1. The first kappa shape index (κ1) is 17.0. The molecule has 1 N–H and O–H groups in total. The van der Waals surface area contributed by atoms with E-state index >= 15 is 0 Å². The standard InChI is InChI=1S/C18H26N2O4/c1-22-10-9-20-7-5-14(6-8-20)13-19-18(21)15-3-2-4-16-17(15)24-12-11-23-16/h2-4,14H,5-13H2,1H3,(H,19,21). The molecule has 6 nitrogen and oxygen atoms in total. The number of amides is 1. The minimum atomic E-state index is -0.0841. The van der Waals surface area contributed by atoms with Crippen molar-refractivity contribution in [1.29, 1.82) is 0 Å². The average Bonchev–Trinajstić information content (AvgIpc) is 2.64. The van der Waals surface area contributed by atoms with Gasteiger partial charge in [-0.1, -0.05) is 6.07 Å². The normalized spacial score (nSPS) is 18.4. The largest absolute Gasteiger partial charge is 0.486 e. The van der Waals surface area contributed by atoms with Crippen molar-refractivity contribution in [2.24, 2.45) is 5.92 Å². The Morgan fingerprint density at radius 3 is 2.88 bits per heavy atom. The molecule has 6 heteroatoms. The van der Waals surface area contributed by atoms with Crippen molar-refractivity contribution in [2.75, 3.05) is 53.1 Å². The Morgan fingerprint density at radius 1 is 1.29 bits per heavy atom. The smallest absolute Gasteiger partial charge is 0.255 e. The lowest BCUT2D eigenvalue weighted by atomic mass is 9.96. The van der Waals surface area contributed by atoms with Crippen molar-refractivity contribution in [3.63, 3.8) is 0 Å². The van der Waals surface area contributed by atoms with Crippen LogP contribution in [0.15, 0.2) is 18.2 Å². The highest BCUT2D eigenvalue weighted by Gasteiger charge is 2.22. The van der Waals surface area contributed by atoms with Crippen LogP contribution in [0.25, 0.3) is 0 Å². The Balaban J connectivity index is 1.48. The molecule has 2 aliphatic heterocycles. The molecule has 0 aromatic heterocycles. The number of carbonyl (C=O) groups is 1. The van der Waals surface area contributed by atoms with Gasteiger partial charge in [0.05, 0.1) is 12.2 Å². The van der Waals surface area contributed by atoms with E-state index in [1.54, 1.807) is 13.2 Å². The molecule has 0 spiro atoms. The highest BCUT2D eigenvalue weighted by molar-refractivity contribution is 5.97. The van der Waals surface area contributed by atoms with Crippen molar-refractivity contribution in [3.05, 3.63) is 23.8 Å². The molecule has 0 bridgehead atoms. The number of nitrogens with one attached hydrogen (secondary N) is 1. The van der Waals surface area contributed by atoms with Crippen molar-refractivity contribution in [3.8, 4) is 11.5 Å². The fraction of sp³-hybridized carbons (Fsp3) is 0.611. The summed E-state index contributed by atoms with van der Waals surface area (Å²) < 4.78 is 16.3. The van der Waals surface area contributed by atoms with Crippen molar-refractivity contribution >= 4 is 5.91 Å². The van der Waals surface area contributed by atoms with Gasteiger partial charge in [-0.25, -0.2) is 0 Å². The van der Waals surface area contributed by atoms with Crippen LogP contribution in [-0.4, -0.2) is 63.9 Å². The van der Waals surface area contributed by atoms with E-state index in [2.05, 4.69) is 10.2 Å². The molecule has 1 fully saturated rings. The molecule has 1 aromatic rings. The highest BCUT2D eigenvalue weighted by Crippen LogP contribution is 2.33. The van der Waals surface area contributed by atoms with E-state index in [1.165, 1.54) is 0 Å². The maximum absolute atomic E-state index is 12.5. The molecule has 3 rings (SSSR count). The van der Waals surface area contributed by atoms with Crippen molar-refractivity contribution in [1.82, 2.24) is 10.2 Å². The number of carbonyl (C=O) groups excluding carboxylic acids is 1. The minimum Gasteiger partial charge on any atom is -0.486 e. The van der Waals surface area contributed by atoms with E-state index in [4.69, 9.17) is 14.2 Å². The molecule has 0 radical (unpaired) electrons. The lowest BCUT2D eigenvalue weighted by Gasteiger charge is -2.31. The second-order valence-corrected chi connectivity index (χ2v) is 6.32. The van der Waals surface area contributed by atoms with Crippen LogP contribution >= 0.6 is 0 Å². The van der Waals surface area contributed by atoms with E-state index in [0.29, 0.717) is 42.7 Å². The van der Waals surface area contributed by atoms with E-state index in [9.17, 15) is 4.79 Å². The van der Waals surface area contributed by atoms with Crippen LogP contribution in [0.5, 0.6) is 11.5 Å². The fourth-order valence-corrected chi connectivity index (χ4v) is 3.22. The molecule has 1 saturated heterocycles. The SMILES string of the molecule is COCCN1CCC(CNC(=O)c2cccc3c2OCCO3)CC1. The van der Waals surface area contributed by atoms with Crippen LogP contribution in [0.2, 0.25) is 0 Å². The molecule has 24 heavy (non-hydrogen) atoms. The van der Waals surface area contributed by atoms with Crippen LogP contribution in [0, 0.1) is 5.92 Å². The summed E-state index contributed by atoms with van der Waals surface area (Å²) in [6, 6.07) is 5.45. The maximum Gasteiger partial charge on any atom is 0.255 e. The van der Waals surface area contributed by atoms with Gasteiger partial charge < -0.3 is 24.4 Å². The number of hydrogen-bond acceptors (Lipinski definition) is 5. The van der Waals surface area contributed by atoms with E-state index in [-0.39, 0.29) is 5.91 Å². The Labute approximate surface area is 143 Å². The molecule has 1 amide bonds. The summed E-state index contributed by atoms with van der Waals surface area (Å²) in [6.07, 6.45) is 2.22. The molecular formula is C18H26N2O4. The molecule has 0 aliphatic carbocycles. The summed E-state index contributed by atoms with van der Waals surface area (Å²) in [6.45, 7) is 5.63. The number of likely N-dealkylation sites (tertiary alicyclic amines) is 1. The summed E-state index contributed by atoms with van der Waals surface area (Å²) in [4.78, 5) is 14.9. The zero-order valence-electron chi connectivity index (χ0n) is 14.3. The van der Waals surface area contributed by atoms with Gasteiger partial charge in [0.1, 0.15) is 13.2 Å². The third-order valence-corrected chi connectivity index (χ3v) is 4.68. The number of piperidine rings is 1. The van der Waals surface area contributed by atoms with Crippen LogP contribution in [0.3, 0.4) is 0 Å². The number of benzene rings is 1. The predicted molar refractivity (Wildman–Crippen MR) is 90.8 cm³/mol. The van der Waals surface area contributed by atoms with Gasteiger partial charge in [-0.2, -0.15) is 0 Å². The van der Waals surface area contributed by atoms with Gasteiger partial charge in [0.2, 0.25) is 0 Å². The minimum absolute atomic E-state index is 0.0841. The van der Waals surface area contributed by atoms with Gasteiger partial charge >= 0.3 is 0 Å². The van der Waals surface area contributed by atoms with E-state index in [0.717, 1.165) is 39.1 Å². The third-order valence-electron chi connectivity index (χ3n) is 4.68. The number of para-hydroxylation sites is 1. The molecule has 1 aromatic carbocycles. The molecule has 2 heterocycles. The van der Waals surface area contributed by atoms with Crippen molar-refractivity contribution in [2.45, 2.75) is 12.8 Å². The summed E-state index contributed by atoms with van der Waals surface area (Å²) in [5.41, 5.74) is 0.560. The quantitative estimate of drug-likeness (QED) is 0.855. The first-order valence-corrected chi connectivity index (χ1v) is 8.66. The van der Waals surface area contributed by atoms with Gasteiger partial charge in [-0.05, 0) is 44.0 Å². The summed E-state index contributed by atoms with van der Waals surface area (Å²) >= 11 is 0. The lowest BCUT2D eigenvalue weighted by Crippen LogP contribution is -2.40. The number of methoxy groups -OCH3 is 1. The summed E-state index contributed by atoms with van der Waals surface area (Å²) in [5, 5.41) is 3.06. The second kappa shape index (κ2) is 8.35. The van der Waals surface area contributed by atoms with Gasteiger partial charge in [-0.3, -0.25) is 4.79 Å². The molecule has 0 saturated carbocycles. The number of nitrogens with zero attached hydrogens (tertiary/aromatic N) is 1. The number of ether oxygens (including phenoxy) is 3. The molecule has 0 unspecified atom stereocenters. The zero-order valence-corrected chi connectivity index (χ0v) is 14.3. The van der Waals surface area contributed by atoms with Crippen LogP contribution < -0.4 is 14.8 Å². The maximum atomic E-state index is 12.5. The first-order chi connectivity index (χ1) is 11.8. The number of rotatable bonds is 6. The van der Waals surface area contributed by atoms with Crippen LogP contribution in [0.4, 0.5) is 0 Å². The Morgan fingerprint density at radius 2 is 2.08 bits per heavy atom. The highest BCUT2D eigenvalue weighted by atomic mass is 16.6. The first-order valence-electron chi connectivity index (χ1n) is 8.66. The van der Waals surface area contributed by atoms with E-state index in [1.807, 2.05) is 12.1 Å². The monoisotopic (exact) mass is 334 g/mol. The Bertz CT molecular complexity index is 556. The van der Waals surface area contributed by atoms with Crippen molar-refractivity contribution < 1.29 is 19.0 Å². The number of hydrogen-bond donors (Lipinski definition) is 1. The van der Waals surface area contributed by atoms with Gasteiger partial charge in [-0.15, -0.1) is 0 Å². The van der Waals surface area contributed by atoms with E-state index < -0.39 is 0 Å². The lowest BCUT2D eigenvalue weighted by molar-refractivity contribution is 0.0915. The Hall–Kier alpha value is -1.79. The molecule has 0 atom stereocenters. The average molecular weight is 334 g/mol. The third kappa shape index (κ3) is 4.19. The topological polar surface area (TPSA) is 60.0 Å². The second-order valence-electron chi connectivity index (χ2n) is 6.32. The van der Waals surface area contributed by atoms with Gasteiger partial charge in [0.15, 0.2) is 11.5 Å². The zero-order chi connectivity index (χ0) is 16.8. The molecule has 2 aliphatic rings.